The molecule has 0 spiro atoms. The fraction of sp³-hybridized carbons (Fsp3) is 0.400. The van der Waals surface area contributed by atoms with Crippen LogP contribution in [0.2, 0.25) is 0 Å². The number of ether oxygens (including phenoxy) is 2. The number of nitrogens with zero attached hydrogens (tertiary/aromatic N) is 1. The molecule has 2 heterocycles. The minimum atomic E-state index is -1.48. The van der Waals surface area contributed by atoms with Gasteiger partial charge in [0.15, 0.2) is 0 Å². The molecule has 1 aromatic heterocycles. The van der Waals surface area contributed by atoms with Crippen LogP contribution in [0.25, 0.3) is 10.9 Å². The summed E-state index contributed by atoms with van der Waals surface area (Å²) in [6.07, 6.45) is 0.961. The summed E-state index contributed by atoms with van der Waals surface area (Å²) in [7, 11) is 1.22. The molecule has 7 N–H and O–H groups in total. The molecule has 4 aromatic rings. The molecule has 16 heteroatoms. The third-order valence-corrected chi connectivity index (χ3v) is 10.4. The number of H-pyrrole nitrogens is 1. The topological polar surface area (TPSA) is 231 Å². The van der Waals surface area contributed by atoms with E-state index in [0.717, 1.165) is 15.8 Å². The number of hydrogen-bond acceptors (Lipinski definition) is 10. The van der Waals surface area contributed by atoms with Gasteiger partial charge < -0.3 is 41.5 Å². The van der Waals surface area contributed by atoms with Crippen LogP contribution in [0.1, 0.15) is 62.6 Å². The Morgan fingerprint density at radius 3 is 2.18 bits per heavy atom. The van der Waals surface area contributed by atoms with Crippen LogP contribution < -0.4 is 27.0 Å². The lowest BCUT2D eigenvalue weighted by atomic mass is 9.97. The van der Waals surface area contributed by atoms with Gasteiger partial charge in [-0.3, -0.25) is 28.9 Å². The fourth-order valence-electron chi connectivity index (χ4n) is 7.29. The third-order valence-electron chi connectivity index (χ3n) is 10.4. The molecule has 5 atom stereocenters. The van der Waals surface area contributed by atoms with Crippen LogP contribution >= 0.6 is 0 Å². The van der Waals surface area contributed by atoms with Crippen LogP contribution in [0.3, 0.4) is 0 Å². The van der Waals surface area contributed by atoms with Crippen molar-refractivity contribution in [2.24, 2.45) is 11.7 Å². The summed E-state index contributed by atoms with van der Waals surface area (Å²) in [5.41, 5.74) is 8.67. The highest BCUT2D eigenvalue weighted by Crippen LogP contribution is 2.22. The number of aromatic amines is 1. The number of imide groups is 1. The average molecular weight is 838 g/mol. The number of hydrogen-bond donors (Lipinski definition) is 6. The van der Waals surface area contributed by atoms with Crippen molar-refractivity contribution in [2.45, 2.75) is 95.6 Å². The molecule has 16 nitrogen and oxygen atoms in total. The van der Waals surface area contributed by atoms with Crippen LogP contribution in [-0.2, 0) is 57.7 Å². The fourth-order valence-corrected chi connectivity index (χ4v) is 7.29. The maximum Gasteiger partial charge on any atom is 0.408 e. The molecular formula is C45H55N7O9. The van der Waals surface area contributed by atoms with Crippen molar-refractivity contribution in [3.05, 3.63) is 108 Å². The predicted molar refractivity (Wildman–Crippen MR) is 226 cm³/mol. The van der Waals surface area contributed by atoms with Crippen LogP contribution in [0.4, 0.5) is 4.79 Å². The van der Waals surface area contributed by atoms with E-state index >= 15 is 0 Å². The molecule has 0 radical (unpaired) electrons. The maximum atomic E-state index is 14.8. The highest BCUT2D eigenvalue weighted by molar-refractivity contribution is 6.07. The number of para-hydroxylation sites is 1. The van der Waals surface area contributed by atoms with Gasteiger partial charge in [0.2, 0.25) is 23.6 Å². The lowest BCUT2D eigenvalue weighted by Gasteiger charge is -2.36. The lowest BCUT2D eigenvalue weighted by molar-refractivity contribution is -0.157. The summed E-state index contributed by atoms with van der Waals surface area (Å²) < 4.78 is 10.3. The Hall–Kier alpha value is -6.55. The van der Waals surface area contributed by atoms with Crippen molar-refractivity contribution >= 4 is 52.5 Å². The van der Waals surface area contributed by atoms with Gasteiger partial charge in [-0.05, 0) is 60.9 Å². The first kappa shape index (κ1) is 45.5. The number of alkyl carbamates (subject to hydrolysis) is 1. The second kappa shape index (κ2) is 22.2. The first-order chi connectivity index (χ1) is 29.4. The number of nitrogens with one attached hydrogen (secondary N) is 5. The highest BCUT2D eigenvalue weighted by atomic mass is 16.5. The Labute approximate surface area is 354 Å². The number of esters is 1. The molecule has 1 fully saturated rings. The summed E-state index contributed by atoms with van der Waals surface area (Å²) in [4.78, 5) is 102. The molecule has 3 aromatic carbocycles. The predicted octanol–water partition coefficient (Wildman–Crippen LogP) is 3.18. The van der Waals surface area contributed by atoms with Crippen LogP contribution in [0.5, 0.6) is 0 Å². The summed E-state index contributed by atoms with van der Waals surface area (Å²) >= 11 is 0. The number of nitrogens with two attached hydrogens (primary N) is 1. The lowest BCUT2D eigenvalue weighted by Crippen LogP contribution is -2.64. The van der Waals surface area contributed by atoms with Crippen molar-refractivity contribution in [2.75, 3.05) is 13.7 Å². The molecule has 1 aliphatic heterocycles. The number of unbranched alkanes of at least 4 members (excludes halogenated alkanes) is 1. The molecule has 0 bridgehead atoms. The first-order valence-corrected chi connectivity index (χ1v) is 20.5. The van der Waals surface area contributed by atoms with Gasteiger partial charge >= 0.3 is 12.1 Å². The van der Waals surface area contributed by atoms with E-state index in [-0.39, 0.29) is 44.8 Å². The van der Waals surface area contributed by atoms with E-state index < -0.39 is 78.2 Å². The molecule has 1 saturated heterocycles. The number of fused-ring (bicyclic) bond motifs is 1. The van der Waals surface area contributed by atoms with Gasteiger partial charge in [0.1, 0.15) is 36.8 Å². The number of rotatable bonds is 19. The van der Waals surface area contributed by atoms with Gasteiger partial charge in [-0.15, -0.1) is 0 Å². The Kier molecular flexibility index (Phi) is 16.5. The molecule has 0 unspecified atom stereocenters. The molecule has 6 amide bonds. The summed E-state index contributed by atoms with van der Waals surface area (Å²) in [6, 6.07) is 18.5. The zero-order chi connectivity index (χ0) is 43.9. The van der Waals surface area contributed by atoms with Gasteiger partial charge in [0.05, 0.1) is 13.5 Å². The van der Waals surface area contributed by atoms with Gasteiger partial charge in [-0.1, -0.05) is 92.7 Å². The van der Waals surface area contributed by atoms with E-state index in [9.17, 15) is 33.6 Å². The van der Waals surface area contributed by atoms with E-state index in [1.54, 1.807) is 60.8 Å². The second-order valence-corrected chi connectivity index (χ2v) is 15.5. The van der Waals surface area contributed by atoms with Crippen LogP contribution in [-0.4, -0.2) is 95.3 Å². The minimum absolute atomic E-state index is 0.00418. The molecule has 1 aliphatic rings. The van der Waals surface area contributed by atoms with E-state index in [4.69, 9.17) is 15.2 Å². The zero-order valence-corrected chi connectivity index (χ0v) is 34.7. The van der Waals surface area contributed by atoms with Gasteiger partial charge in [0.25, 0.3) is 5.91 Å². The number of amides is 6. The van der Waals surface area contributed by atoms with Crippen molar-refractivity contribution in [3.8, 4) is 0 Å². The van der Waals surface area contributed by atoms with Crippen molar-refractivity contribution < 1.29 is 43.0 Å². The number of carbonyl (C=O) groups excluding carboxylic acids is 7. The Morgan fingerprint density at radius 2 is 1.51 bits per heavy atom. The van der Waals surface area contributed by atoms with Crippen molar-refractivity contribution in [3.63, 3.8) is 0 Å². The number of aromatic nitrogens is 1. The normalized spacial score (nSPS) is 17.1. The SMILES string of the molecule is COC(=O)[C@H](CC(C)C)NC(=O)[C@H](Cc1c[nH]c2ccccc12)NC(=O)[C@@H](CCCCN)N1C(=O)C[C@H](NC(=O)OCc2ccccc2)C(=O)N[C@H](Cc2ccccc2)C1=O. The third kappa shape index (κ3) is 12.7. The number of benzene rings is 3. The number of methoxy groups -OCH3 is 1. The molecular weight excluding hydrogens is 783 g/mol. The van der Waals surface area contributed by atoms with E-state index in [0.29, 0.717) is 29.5 Å². The zero-order valence-electron chi connectivity index (χ0n) is 34.7. The molecule has 5 rings (SSSR count). The second-order valence-electron chi connectivity index (χ2n) is 15.5. The summed E-state index contributed by atoms with van der Waals surface area (Å²) in [5, 5.41) is 11.5. The number of carbonyl (C=O) groups is 7. The molecule has 0 saturated carbocycles. The van der Waals surface area contributed by atoms with Gasteiger partial charge in [0, 0.05) is 29.9 Å². The van der Waals surface area contributed by atoms with Crippen LogP contribution in [0, 0.1) is 5.92 Å². The molecule has 61 heavy (non-hydrogen) atoms. The van der Waals surface area contributed by atoms with E-state index in [1.165, 1.54) is 7.11 Å². The summed E-state index contributed by atoms with van der Waals surface area (Å²) in [6.45, 7) is 3.93. The Balaban J connectivity index is 1.49. The monoisotopic (exact) mass is 837 g/mol. The van der Waals surface area contributed by atoms with Gasteiger partial charge in [-0.25, -0.2) is 9.59 Å². The molecule has 0 aliphatic carbocycles. The highest BCUT2D eigenvalue weighted by Gasteiger charge is 2.44. The van der Waals surface area contributed by atoms with Crippen molar-refractivity contribution in [1.82, 2.24) is 31.2 Å². The summed E-state index contributed by atoms with van der Waals surface area (Å²) in [5.74, 6) is -4.72. The van der Waals surface area contributed by atoms with Gasteiger partial charge in [-0.2, -0.15) is 0 Å². The van der Waals surface area contributed by atoms with E-state index in [2.05, 4.69) is 26.3 Å². The smallest absolute Gasteiger partial charge is 0.408 e. The van der Waals surface area contributed by atoms with E-state index in [1.807, 2.05) is 44.2 Å². The standard InChI is InChI=1S/C45H55N7O9/c1-28(2)22-37(44(58)60-3)50-40(54)34(24-31-26-47-33-19-11-10-18-32(31)33)48-42(56)38(20-12-13-21-46)52-39(53)25-35(51-45(59)61-27-30-16-8-5-9-17-30)41(55)49-36(43(52)57)23-29-14-6-4-7-15-29/h4-11,14-19,26,28,34-38,47H,12-13,20-25,27,46H2,1-3H3,(H,48,56)(H,49,55)(H,50,54)(H,51,59)/t34-,35-,36+,37-,38+/m0/s1. The Morgan fingerprint density at radius 1 is 0.852 bits per heavy atom. The average Bonchev–Trinajstić information content (AvgIpc) is 3.66. The first-order valence-electron chi connectivity index (χ1n) is 20.5. The van der Waals surface area contributed by atoms with Crippen LogP contribution in [0.15, 0.2) is 91.1 Å². The van der Waals surface area contributed by atoms with Crippen molar-refractivity contribution in [1.29, 1.82) is 0 Å². The maximum absolute atomic E-state index is 14.8. The minimum Gasteiger partial charge on any atom is -0.467 e. The quantitative estimate of drug-likeness (QED) is 0.0459. The largest absolute Gasteiger partial charge is 0.467 e. The Bertz CT molecular complexity index is 2140. The molecule has 324 valence electrons.